The van der Waals surface area contributed by atoms with Gasteiger partial charge in [-0.15, -0.1) is 6.58 Å². The molecule has 0 unspecified atom stereocenters. The number of ether oxygens (including phenoxy) is 2. The van der Waals surface area contributed by atoms with Gasteiger partial charge in [0.2, 0.25) is 0 Å². The number of aliphatic hydroxyl groups is 1. The van der Waals surface area contributed by atoms with Crippen LogP contribution in [0.25, 0.3) is 0 Å². The van der Waals surface area contributed by atoms with Gasteiger partial charge in [-0.05, 0) is 41.7 Å². The van der Waals surface area contributed by atoms with Crippen molar-refractivity contribution < 1.29 is 24.2 Å². The molecule has 1 saturated carbocycles. The van der Waals surface area contributed by atoms with E-state index in [1.165, 1.54) is 30.6 Å². The van der Waals surface area contributed by atoms with Gasteiger partial charge >= 0.3 is 0 Å². The number of fused-ring (bicyclic) bond motifs is 1. The molecule has 0 radical (unpaired) electrons. The number of carbonyl (C=O) groups excluding carboxylic acids is 2. The molecule has 224 valence electrons. The zero-order valence-electron chi connectivity index (χ0n) is 24.7. The molecule has 2 heterocycles. The van der Waals surface area contributed by atoms with E-state index in [1.54, 1.807) is 24.3 Å². The molecule has 7 heteroatoms. The fourth-order valence-corrected chi connectivity index (χ4v) is 6.71. The molecule has 2 aliphatic heterocycles. The largest absolute Gasteiger partial charge is 0.392 e. The van der Waals surface area contributed by atoms with Crippen LogP contribution in [0.5, 0.6) is 0 Å². The molecule has 3 aromatic rings. The second-order valence-corrected chi connectivity index (χ2v) is 12.0. The van der Waals surface area contributed by atoms with Crippen LogP contribution in [0.2, 0.25) is 0 Å². The summed E-state index contributed by atoms with van der Waals surface area (Å²) < 4.78 is 13.4. The maximum atomic E-state index is 12.9. The molecule has 0 spiro atoms. The van der Waals surface area contributed by atoms with Crippen LogP contribution in [-0.2, 0) is 22.6 Å². The first-order valence-corrected chi connectivity index (χ1v) is 15.4. The van der Waals surface area contributed by atoms with E-state index in [0.717, 1.165) is 35.3 Å². The van der Waals surface area contributed by atoms with Crippen molar-refractivity contribution in [2.45, 2.75) is 70.3 Å². The van der Waals surface area contributed by atoms with Crippen molar-refractivity contribution in [2.24, 2.45) is 5.92 Å². The molecule has 0 aromatic heterocycles. The Hall–Kier alpha value is -3.62. The second kappa shape index (κ2) is 12.9. The first kappa shape index (κ1) is 29.5. The maximum Gasteiger partial charge on any atom is 0.261 e. The third-order valence-electron chi connectivity index (χ3n) is 9.21. The van der Waals surface area contributed by atoms with Gasteiger partial charge in [-0.1, -0.05) is 86.5 Å². The fraction of sp³-hybridized carbons (Fsp3) is 0.389. The first-order valence-electron chi connectivity index (χ1n) is 15.4. The summed E-state index contributed by atoms with van der Waals surface area (Å²) in [5.41, 5.74) is 4.57. The lowest BCUT2D eigenvalue weighted by Crippen LogP contribution is -2.47. The molecule has 7 nitrogen and oxygen atoms in total. The van der Waals surface area contributed by atoms with Crippen LogP contribution < -0.4 is 0 Å². The summed E-state index contributed by atoms with van der Waals surface area (Å²) in [7, 11) is 0. The molecule has 2 fully saturated rings. The minimum absolute atomic E-state index is 0.000675. The lowest BCUT2D eigenvalue weighted by molar-refractivity contribution is -0.276. The van der Waals surface area contributed by atoms with Crippen molar-refractivity contribution >= 4 is 11.8 Å². The van der Waals surface area contributed by atoms with Crippen LogP contribution in [0.3, 0.4) is 0 Å². The number of hydrogen-bond acceptors (Lipinski definition) is 6. The highest BCUT2D eigenvalue weighted by Gasteiger charge is 2.40. The zero-order chi connectivity index (χ0) is 29.9. The Bertz CT molecular complexity index is 1410. The van der Waals surface area contributed by atoms with Gasteiger partial charge < -0.3 is 14.6 Å². The van der Waals surface area contributed by atoms with Crippen LogP contribution in [0.4, 0.5) is 0 Å². The summed E-state index contributed by atoms with van der Waals surface area (Å²) >= 11 is 0. The molecule has 43 heavy (non-hydrogen) atoms. The minimum atomic E-state index is -0.578. The van der Waals surface area contributed by atoms with Gasteiger partial charge in [0, 0.05) is 30.6 Å². The molecule has 0 bridgehead atoms. The lowest BCUT2D eigenvalue weighted by atomic mass is 9.89. The summed E-state index contributed by atoms with van der Waals surface area (Å²) in [6, 6.07) is 23.3. The van der Waals surface area contributed by atoms with E-state index in [2.05, 4.69) is 18.4 Å². The van der Waals surface area contributed by atoms with E-state index in [4.69, 9.17) is 9.47 Å². The maximum absolute atomic E-state index is 12.9. The number of amides is 2. The topological polar surface area (TPSA) is 79.3 Å². The second-order valence-electron chi connectivity index (χ2n) is 12.0. The van der Waals surface area contributed by atoms with E-state index < -0.39 is 6.29 Å². The minimum Gasteiger partial charge on any atom is -0.392 e. The summed E-state index contributed by atoms with van der Waals surface area (Å²) in [6.07, 6.45) is 6.08. The van der Waals surface area contributed by atoms with Crippen LogP contribution in [0, 0.1) is 5.92 Å². The Morgan fingerprint density at radius 1 is 0.884 bits per heavy atom. The molecule has 2 amide bonds. The fourth-order valence-electron chi connectivity index (χ4n) is 6.71. The molecule has 1 N–H and O–H groups in total. The number of carbonyl (C=O) groups is 2. The molecule has 6 rings (SSSR count). The van der Waals surface area contributed by atoms with E-state index in [-0.39, 0.29) is 43.1 Å². The van der Waals surface area contributed by atoms with Crippen molar-refractivity contribution in [1.82, 2.24) is 9.80 Å². The average Bonchev–Trinajstić information content (AvgIpc) is 3.66. The number of benzene rings is 3. The van der Waals surface area contributed by atoms with E-state index >= 15 is 0 Å². The summed E-state index contributed by atoms with van der Waals surface area (Å²) in [5.74, 6) is -0.429. The van der Waals surface area contributed by atoms with E-state index in [9.17, 15) is 14.7 Å². The van der Waals surface area contributed by atoms with Crippen LogP contribution in [0.15, 0.2) is 85.5 Å². The van der Waals surface area contributed by atoms with Gasteiger partial charge in [-0.3, -0.25) is 19.4 Å². The van der Waals surface area contributed by atoms with Crippen LogP contribution >= 0.6 is 0 Å². The van der Waals surface area contributed by atoms with Crippen molar-refractivity contribution in [3.8, 4) is 0 Å². The Morgan fingerprint density at radius 2 is 1.49 bits per heavy atom. The highest BCUT2D eigenvalue weighted by molar-refractivity contribution is 6.21. The predicted molar refractivity (Wildman–Crippen MR) is 164 cm³/mol. The highest BCUT2D eigenvalue weighted by Crippen LogP contribution is 2.42. The lowest BCUT2D eigenvalue weighted by Gasteiger charge is -2.43. The SMILES string of the molecule is C=CCN(C[C@H]1O[C@@H](c2ccc(CN3C(=O)c4ccccc4C3=O)cc2)O[C@@H](c2ccc(CO)cc2)[C@H]1C)C1CCCC1. The summed E-state index contributed by atoms with van der Waals surface area (Å²) in [5, 5.41) is 9.56. The molecule has 1 aliphatic carbocycles. The Morgan fingerprint density at radius 3 is 2.09 bits per heavy atom. The molecule has 3 aliphatic rings. The monoisotopic (exact) mass is 580 g/mol. The molecular formula is C36H40N2O5. The number of hydrogen-bond donors (Lipinski definition) is 1. The van der Waals surface area contributed by atoms with Crippen molar-refractivity contribution in [3.05, 3.63) is 119 Å². The zero-order valence-corrected chi connectivity index (χ0v) is 24.7. The van der Waals surface area contributed by atoms with Gasteiger partial charge in [0.05, 0.1) is 36.5 Å². The summed E-state index contributed by atoms with van der Waals surface area (Å²) in [6.45, 7) is 8.03. The van der Waals surface area contributed by atoms with Crippen LogP contribution in [0.1, 0.15) is 88.0 Å². The molecular weight excluding hydrogens is 540 g/mol. The van der Waals surface area contributed by atoms with E-state index in [0.29, 0.717) is 17.2 Å². The average molecular weight is 581 g/mol. The standard InChI is InChI=1S/C36H40N2O5/c1-3-20-37(29-8-4-5-9-29)22-32-24(2)33(27-16-14-26(23-39)15-17-27)43-36(42-32)28-18-12-25(13-19-28)21-38-34(40)30-10-6-7-11-31(30)35(38)41/h3,6-7,10-19,24,29,32-33,36,39H,1,4-5,8-9,20-23H2,2H3/t24-,32+,33+,36+/m0/s1. The summed E-state index contributed by atoms with van der Waals surface area (Å²) in [4.78, 5) is 29.6. The van der Waals surface area contributed by atoms with Gasteiger partial charge in [0.15, 0.2) is 6.29 Å². The smallest absolute Gasteiger partial charge is 0.261 e. The van der Waals surface area contributed by atoms with Crippen molar-refractivity contribution in [2.75, 3.05) is 13.1 Å². The predicted octanol–water partition coefficient (Wildman–Crippen LogP) is 6.20. The normalized spacial score (nSPS) is 24.1. The molecule has 1 saturated heterocycles. The number of aliphatic hydroxyl groups excluding tert-OH is 1. The molecule has 4 atom stereocenters. The van der Waals surface area contributed by atoms with Gasteiger partial charge in [0.1, 0.15) is 0 Å². The first-order chi connectivity index (χ1) is 21.0. The van der Waals surface area contributed by atoms with Crippen LogP contribution in [-0.4, -0.2) is 52.0 Å². The Balaban J connectivity index is 1.22. The number of imide groups is 1. The Kier molecular flexibility index (Phi) is 8.86. The third kappa shape index (κ3) is 6.08. The quantitative estimate of drug-likeness (QED) is 0.227. The highest BCUT2D eigenvalue weighted by atomic mass is 16.7. The van der Waals surface area contributed by atoms with Gasteiger partial charge in [-0.2, -0.15) is 0 Å². The number of nitrogens with zero attached hydrogens (tertiary/aromatic N) is 2. The van der Waals surface area contributed by atoms with Gasteiger partial charge in [0.25, 0.3) is 11.8 Å². The molecule has 3 aromatic carbocycles. The van der Waals surface area contributed by atoms with Gasteiger partial charge in [-0.25, -0.2) is 0 Å². The number of rotatable bonds is 10. The van der Waals surface area contributed by atoms with Crippen molar-refractivity contribution in [3.63, 3.8) is 0 Å². The van der Waals surface area contributed by atoms with Crippen molar-refractivity contribution in [1.29, 1.82) is 0 Å². The van der Waals surface area contributed by atoms with E-state index in [1.807, 2.05) is 54.6 Å². The Labute approximate surface area is 253 Å². The third-order valence-corrected chi connectivity index (χ3v) is 9.21.